The molecule has 1 amide bonds. The van der Waals surface area contributed by atoms with Crippen molar-refractivity contribution in [2.24, 2.45) is 0 Å². The molecular weight excluding hydrogens is 376 g/mol. The quantitative estimate of drug-likeness (QED) is 0.467. The largest absolute Gasteiger partial charge is 0.298 e. The Hall–Kier alpha value is -3.09. The fourth-order valence-corrected chi connectivity index (χ4v) is 4.12. The maximum Gasteiger partial charge on any atom is 0.258 e. The number of amides is 1. The highest BCUT2D eigenvalue weighted by Crippen LogP contribution is 2.28. The van der Waals surface area contributed by atoms with Gasteiger partial charge in [0.05, 0.1) is 16.1 Å². The molecule has 0 aliphatic carbocycles. The van der Waals surface area contributed by atoms with Gasteiger partial charge >= 0.3 is 0 Å². The van der Waals surface area contributed by atoms with E-state index in [2.05, 4.69) is 10.3 Å². The van der Waals surface area contributed by atoms with Crippen molar-refractivity contribution < 1.29 is 9.59 Å². The van der Waals surface area contributed by atoms with E-state index < -0.39 is 0 Å². The summed E-state index contributed by atoms with van der Waals surface area (Å²) in [6.45, 7) is 0. The topological polar surface area (TPSA) is 59.1 Å². The number of nitrogens with zero attached hydrogens (tertiary/aromatic N) is 1. The van der Waals surface area contributed by atoms with Gasteiger partial charge in [0, 0.05) is 16.5 Å². The molecule has 27 heavy (non-hydrogen) atoms. The second-order valence-electron chi connectivity index (χ2n) is 5.71. The minimum atomic E-state index is -0.345. The lowest BCUT2D eigenvalue weighted by Crippen LogP contribution is -2.16. The van der Waals surface area contributed by atoms with Crippen molar-refractivity contribution in [2.75, 3.05) is 5.32 Å². The van der Waals surface area contributed by atoms with Crippen molar-refractivity contribution in [3.05, 3.63) is 94.2 Å². The summed E-state index contributed by atoms with van der Waals surface area (Å²) in [6, 6.07) is 19.7. The lowest BCUT2D eigenvalue weighted by Gasteiger charge is -2.08. The zero-order valence-corrected chi connectivity index (χ0v) is 15.7. The van der Waals surface area contributed by atoms with Gasteiger partial charge in [-0.1, -0.05) is 54.6 Å². The number of aromatic nitrogens is 1. The first-order valence-corrected chi connectivity index (χ1v) is 9.98. The minimum Gasteiger partial charge on any atom is -0.298 e. The molecule has 0 saturated carbocycles. The molecule has 1 N–H and O–H groups in total. The van der Waals surface area contributed by atoms with Crippen LogP contribution in [0.3, 0.4) is 0 Å². The molecule has 132 valence electrons. The number of thiazole rings is 1. The number of anilines is 1. The standard InChI is InChI=1S/C21H14N2O2S2/c24-19(14-7-2-1-3-8-14)15-9-4-5-10-16(15)20(25)23-21-22-17(13-27-21)18-11-6-12-26-18/h1-13H,(H,22,23,25). The summed E-state index contributed by atoms with van der Waals surface area (Å²) >= 11 is 2.96. The van der Waals surface area contributed by atoms with Crippen LogP contribution in [0.15, 0.2) is 77.5 Å². The smallest absolute Gasteiger partial charge is 0.258 e. The Bertz CT molecular complexity index is 1090. The van der Waals surface area contributed by atoms with Gasteiger partial charge < -0.3 is 0 Å². The average molecular weight is 390 g/mol. The van der Waals surface area contributed by atoms with Crippen molar-refractivity contribution >= 4 is 39.5 Å². The third kappa shape index (κ3) is 3.72. The molecule has 0 aliphatic rings. The van der Waals surface area contributed by atoms with Crippen LogP contribution in [0.2, 0.25) is 0 Å². The number of hydrogen-bond acceptors (Lipinski definition) is 5. The Labute approximate surface area is 164 Å². The van der Waals surface area contributed by atoms with E-state index in [1.165, 1.54) is 11.3 Å². The van der Waals surface area contributed by atoms with Crippen molar-refractivity contribution in [1.82, 2.24) is 4.98 Å². The highest BCUT2D eigenvalue weighted by Gasteiger charge is 2.19. The van der Waals surface area contributed by atoms with Crippen molar-refractivity contribution in [3.63, 3.8) is 0 Å². The molecule has 2 heterocycles. The first-order valence-electron chi connectivity index (χ1n) is 8.22. The molecule has 4 nitrogen and oxygen atoms in total. The van der Waals surface area contributed by atoms with Gasteiger partial charge in [0.1, 0.15) is 0 Å². The third-order valence-electron chi connectivity index (χ3n) is 3.95. The summed E-state index contributed by atoms with van der Waals surface area (Å²) in [6.07, 6.45) is 0. The summed E-state index contributed by atoms with van der Waals surface area (Å²) in [5.74, 6) is -0.526. The van der Waals surface area contributed by atoms with Gasteiger partial charge in [0.25, 0.3) is 5.91 Å². The summed E-state index contributed by atoms with van der Waals surface area (Å²) in [5.41, 5.74) is 2.08. The van der Waals surface area contributed by atoms with Gasteiger partial charge in [0.2, 0.25) is 0 Å². The van der Waals surface area contributed by atoms with E-state index in [0.29, 0.717) is 21.8 Å². The van der Waals surface area contributed by atoms with E-state index >= 15 is 0 Å². The highest BCUT2D eigenvalue weighted by molar-refractivity contribution is 7.16. The third-order valence-corrected chi connectivity index (χ3v) is 5.60. The normalized spacial score (nSPS) is 10.5. The van der Waals surface area contributed by atoms with Gasteiger partial charge in [0.15, 0.2) is 10.9 Å². The van der Waals surface area contributed by atoms with Crippen LogP contribution in [0.25, 0.3) is 10.6 Å². The number of ketones is 1. The summed E-state index contributed by atoms with van der Waals surface area (Å²) in [5, 5.41) is 7.20. The molecule has 2 aromatic heterocycles. The molecular formula is C21H14N2O2S2. The Balaban J connectivity index is 1.59. The van der Waals surface area contributed by atoms with Crippen LogP contribution in [0.1, 0.15) is 26.3 Å². The molecule has 0 aliphatic heterocycles. The van der Waals surface area contributed by atoms with Gasteiger partial charge in [-0.15, -0.1) is 22.7 Å². The number of nitrogens with one attached hydrogen (secondary N) is 1. The Morgan fingerprint density at radius 1 is 0.815 bits per heavy atom. The Morgan fingerprint density at radius 3 is 2.30 bits per heavy atom. The second-order valence-corrected chi connectivity index (χ2v) is 7.52. The van der Waals surface area contributed by atoms with E-state index in [0.717, 1.165) is 10.6 Å². The minimum absolute atomic E-state index is 0.181. The molecule has 0 bridgehead atoms. The molecule has 0 fully saturated rings. The Morgan fingerprint density at radius 2 is 1.56 bits per heavy atom. The summed E-state index contributed by atoms with van der Waals surface area (Å²) < 4.78 is 0. The number of benzene rings is 2. The van der Waals surface area contributed by atoms with Gasteiger partial charge in [-0.25, -0.2) is 4.98 Å². The van der Waals surface area contributed by atoms with Crippen LogP contribution < -0.4 is 5.32 Å². The molecule has 0 unspecified atom stereocenters. The van der Waals surface area contributed by atoms with Crippen LogP contribution in [0, 0.1) is 0 Å². The van der Waals surface area contributed by atoms with Crippen LogP contribution >= 0.6 is 22.7 Å². The number of hydrogen-bond donors (Lipinski definition) is 1. The summed E-state index contributed by atoms with van der Waals surface area (Å²) in [4.78, 5) is 31.1. The zero-order chi connectivity index (χ0) is 18.6. The SMILES string of the molecule is O=C(Nc1nc(-c2cccs2)cs1)c1ccccc1C(=O)c1ccccc1. The predicted octanol–water partition coefficient (Wildman–Crippen LogP) is 5.35. The summed E-state index contributed by atoms with van der Waals surface area (Å²) in [7, 11) is 0. The molecule has 0 spiro atoms. The van der Waals surface area contributed by atoms with Crippen molar-refractivity contribution in [3.8, 4) is 10.6 Å². The van der Waals surface area contributed by atoms with Crippen LogP contribution in [0.4, 0.5) is 5.13 Å². The van der Waals surface area contributed by atoms with Gasteiger partial charge in [-0.05, 0) is 17.5 Å². The second kappa shape index (κ2) is 7.65. The van der Waals surface area contributed by atoms with E-state index in [1.807, 2.05) is 29.0 Å². The highest BCUT2D eigenvalue weighted by atomic mass is 32.1. The molecule has 4 aromatic rings. The van der Waals surface area contributed by atoms with E-state index in [9.17, 15) is 9.59 Å². The number of carbonyl (C=O) groups is 2. The first-order chi connectivity index (χ1) is 13.2. The fourth-order valence-electron chi connectivity index (χ4n) is 2.66. The number of carbonyl (C=O) groups excluding carboxylic acids is 2. The van der Waals surface area contributed by atoms with E-state index in [4.69, 9.17) is 0 Å². The van der Waals surface area contributed by atoms with Crippen molar-refractivity contribution in [2.45, 2.75) is 0 Å². The van der Waals surface area contributed by atoms with E-state index in [-0.39, 0.29) is 11.7 Å². The van der Waals surface area contributed by atoms with Crippen LogP contribution in [-0.4, -0.2) is 16.7 Å². The molecule has 0 radical (unpaired) electrons. The zero-order valence-electron chi connectivity index (χ0n) is 14.1. The molecule has 0 saturated heterocycles. The van der Waals surface area contributed by atoms with Gasteiger partial charge in [-0.2, -0.15) is 0 Å². The lowest BCUT2D eigenvalue weighted by molar-refractivity contribution is 0.0996. The number of thiophene rings is 1. The monoisotopic (exact) mass is 390 g/mol. The average Bonchev–Trinajstić information content (AvgIpc) is 3.40. The maximum absolute atomic E-state index is 12.8. The molecule has 2 aromatic carbocycles. The first kappa shape index (κ1) is 17.3. The predicted molar refractivity (Wildman–Crippen MR) is 110 cm³/mol. The van der Waals surface area contributed by atoms with Crippen molar-refractivity contribution in [1.29, 1.82) is 0 Å². The molecule has 0 atom stereocenters. The van der Waals surface area contributed by atoms with Crippen LogP contribution in [-0.2, 0) is 0 Å². The number of rotatable bonds is 5. The van der Waals surface area contributed by atoms with Crippen LogP contribution in [0.5, 0.6) is 0 Å². The fraction of sp³-hybridized carbons (Fsp3) is 0. The maximum atomic E-state index is 12.8. The molecule has 4 rings (SSSR count). The van der Waals surface area contributed by atoms with E-state index in [1.54, 1.807) is 59.9 Å². The Kier molecular flexibility index (Phi) is 4.91. The molecule has 6 heteroatoms. The van der Waals surface area contributed by atoms with Gasteiger partial charge in [-0.3, -0.25) is 14.9 Å². The lowest BCUT2D eigenvalue weighted by atomic mass is 9.98.